The van der Waals surface area contributed by atoms with E-state index in [0.717, 1.165) is 49.3 Å². The molecule has 3 aromatic rings. The maximum atomic E-state index is 13.8. The summed E-state index contributed by atoms with van der Waals surface area (Å²) in [5.41, 5.74) is 6.14. The Hall–Kier alpha value is -2.57. The molecule has 32 heavy (non-hydrogen) atoms. The Balaban J connectivity index is 1.45. The van der Waals surface area contributed by atoms with Crippen LogP contribution in [0.15, 0.2) is 69.0 Å². The van der Waals surface area contributed by atoms with Crippen molar-refractivity contribution in [3.63, 3.8) is 0 Å². The molecule has 5 rings (SSSR count). The maximum absolute atomic E-state index is 13.8. The van der Waals surface area contributed by atoms with Crippen molar-refractivity contribution in [2.45, 2.75) is 32.4 Å². The van der Waals surface area contributed by atoms with E-state index in [4.69, 9.17) is 9.73 Å². The summed E-state index contributed by atoms with van der Waals surface area (Å²) in [6.45, 7) is 4.20. The van der Waals surface area contributed by atoms with Crippen molar-refractivity contribution in [1.82, 2.24) is 4.57 Å². The summed E-state index contributed by atoms with van der Waals surface area (Å²) in [6.07, 6.45) is 3.81. The predicted molar refractivity (Wildman–Crippen MR) is 128 cm³/mol. The quantitative estimate of drug-likeness (QED) is 0.462. The second-order valence-electron chi connectivity index (χ2n) is 8.50. The molecule has 0 amide bonds. The standard InChI is InChI=1S/C26H24BrFN2O2/c1-16(21-10-22(27)14-23(28)11-21)30-7-4-19(13-25(30)31)18-2-3-20-15-29-26(24(20)12-18)17-5-8-32-9-6-17/h2-4,7,10-14,16-17H,5-6,8-9,15H2,1H3. The lowest BCUT2D eigenvalue weighted by molar-refractivity contribution is 0.0829. The number of fused-ring (bicyclic) bond motifs is 1. The van der Waals surface area contributed by atoms with Crippen molar-refractivity contribution in [3.8, 4) is 11.1 Å². The van der Waals surface area contributed by atoms with Gasteiger partial charge in [0.25, 0.3) is 5.56 Å². The van der Waals surface area contributed by atoms with Crippen molar-refractivity contribution in [2.75, 3.05) is 13.2 Å². The maximum Gasteiger partial charge on any atom is 0.251 e. The van der Waals surface area contributed by atoms with E-state index in [0.29, 0.717) is 10.4 Å². The molecule has 1 fully saturated rings. The number of ether oxygens (including phenoxy) is 1. The topological polar surface area (TPSA) is 43.6 Å². The Morgan fingerprint density at radius 1 is 1.09 bits per heavy atom. The summed E-state index contributed by atoms with van der Waals surface area (Å²) in [6, 6.07) is 14.4. The van der Waals surface area contributed by atoms with Gasteiger partial charge in [-0.05, 0) is 72.4 Å². The fraction of sp³-hybridized carbons (Fsp3) is 0.308. The molecule has 2 aliphatic rings. The molecule has 1 atom stereocenters. The van der Waals surface area contributed by atoms with Gasteiger partial charge in [0.2, 0.25) is 0 Å². The van der Waals surface area contributed by atoms with Crippen LogP contribution in [0.1, 0.15) is 42.5 Å². The molecule has 0 saturated carbocycles. The first kappa shape index (κ1) is 21.3. The number of hydrogen-bond donors (Lipinski definition) is 0. The van der Waals surface area contributed by atoms with E-state index in [2.05, 4.69) is 34.1 Å². The van der Waals surface area contributed by atoms with Crippen LogP contribution in [0.3, 0.4) is 0 Å². The summed E-state index contributed by atoms with van der Waals surface area (Å²) < 4.78 is 21.6. The molecule has 3 heterocycles. The average molecular weight is 495 g/mol. The highest BCUT2D eigenvalue weighted by Crippen LogP contribution is 2.31. The molecule has 0 N–H and O–H groups in total. The SMILES string of the molecule is CC(c1cc(F)cc(Br)c1)n1ccc(-c2ccc3c(c2)C(C2CCOCC2)=NC3)cc1=O. The van der Waals surface area contributed by atoms with E-state index in [9.17, 15) is 9.18 Å². The summed E-state index contributed by atoms with van der Waals surface area (Å²) in [4.78, 5) is 17.8. The smallest absolute Gasteiger partial charge is 0.251 e. The van der Waals surface area contributed by atoms with Crippen molar-refractivity contribution < 1.29 is 9.13 Å². The lowest BCUT2D eigenvalue weighted by Crippen LogP contribution is -2.23. The van der Waals surface area contributed by atoms with E-state index in [1.54, 1.807) is 16.8 Å². The molecule has 2 aromatic carbocycles. The van der Waals surface area contributed by atoms with Crippen LogP contribution in [0.25, 0.3) is 11.1 Å². The molecule has 164 valence electrons. The Kier molecular flexibility index (Phi) is 5.82. The molecule has 0 bridgehead atoms. The third-order valence-corrected chi connectivity index (χ3v) is 6.94. The van der Waals surface area contributed by atoms with E-state index in [-0.39, 0.29) is 17.4 Å². The number of rotatable bonds is 4. The number of hydrogen-bond acceptors (Lipinski definition) is 3. The third kappa shape index (κ3) is 4.09. The number of pyridine rings is 1. The zero-order valence-electron chi connectivity index (χ0n) is 17.9. The van der Waals surface area contributed by atoms with Gasteiger partial charge in [0, 0.05) is 47.1 Å². The van der Waals surface area contributed by atoms with Crippen LogP contribution in [0.4, 0.5) is 4.39 Å². The van der Waals surface area contributed by atoms with Crippen molar-refractivity contribution in [2.24, 2.45) is 10.9 Å². The first-order valence-corrected chi connectivity index (χ1v) is 11.7. The van der Waals surface area contributed by atoms with Gasteiger partial charge in [-0.15, -0.1) is 0 Å². The first-order valence-electron chi connectivity index (χ1n) is 10.9. The molecule has 0 aliphatic carbocycles. The normalized spacial score (nSPS) is 17.2. The second kappa shape index (κ2) is 8.75. The fourth-order valence-corrected chi connectivity index (χ4v) is 5.16. The minimum atomic E-state index is -0.328. The Bertz CT molecular complexity index is 1240. The van der Waals surface area contributed by atoms with Crippen LogP contribution >= 0.6 is 15.9 Å². The zero-order chi connectivity index (χ0) is 22.2. The molecule has 6 heteroatoms. The largest absolute Gasteiger partial charge is 0.381 e. The highest BCUT2D eigenvalue weighted by Gasteiger charge is 2.26. The number of halogens is 2. The van der Waals surface area contributed by atoms with Gasteiger partial charge in [-0.3, -0.25) is 9.79 Å². The van der Waals surface area contributed by atoms with Crippen LogP contribution < -0.4 is 5.56 Å². The Morgan fingerprint density at radius 3 is 2.62 bits per heavy atom. The number of aliphatic imine (C=N–C) groups is 1. The van der Waals surface area contributed by atoms with Crippen molar-refractivity contribution >= 4 is 21.6 Å². The molecule has 2 aliphatic heterocycles. The Morgan fingerprint density at radius 2 is 1.88 bits per heavy atom. The molecule has 1 aromatic heterocycles. The van der Waals surface area contributed by atoms with Crippen LogP contribution in [-0.2, 0) is 11.3 Å². The van der Waals surface area contributed by atoms with Gasteiger partial charge in [0.15, 0.2) is 0 Å². The van der Waals surface area contributed by atoms with Gasteiger partial charge >= 0.3 is 0 Å². The second-order valence-corrected chi connectivity index (χ2v) is 9.42. The van der Waals surface area contributed by atoms with E-state index >= 15 is 0 Å². The lowest BCUT2D eigenvalue weighted by Gasteiger charge is -2.23. The average Bonchev–Trinajstić information content (AvgIpc) is 3.22. The molecule has 4 nitrogen and oxygen atoms in total. The summed E-state index contributed by atoms with van der Waals surface area (Å²) in [7, 11) is 0. The number of benzene rings is 2. The predicted octanol–water partition coefficient (Wildman–Crippen LogP) is 5.76. The van der Waals surface area contributed by atoms with Crippen LogP contribution in [0.5, 0.6) is 0 Å². The Labute approximate surface area is 194 Å². The van der Waals surface area contributed by atoms with Crippen LogP contribution in [-0.4, -0.2) is 23.5 Å². The zero-order valence-corrected chi connectivity index (χ0v) is 19.4. The molecular formula is C26H24BrFN2O2. The summed E-state index contributed by atoms with van der Waals surface area (Å²) >= 11 is 3.33. The first-order chi connectivity index (χ1) is 15.5. The van der Waals surface area contributed by atoms with Gasteiger partial charge < -0.3 is 9.30 Å². The van der Waals surface area contributed by atoms with E-state index in [1.165, 1.54) is 29.0 Å². The summed E-state index contributed by atoms with van der Waals surface area (Å²) in [5.74, 6) is 0.116. The number of aromatic nitrogens is 1. The lowest BCUT2D eigenvalue weighted by atomic mass is 9.88. The molecule has 1 saturated heterocycles. The van der Waals surface area contributed by atoms with Gasteiger partial charge in [-0.25, -0.2) is 4.39 Å². The molecule has 1 unspecified atom stereocenters. The van der Waals surface area contributed by atoms with Gasteiger partial charge in [0.1, 0.15) is 5.82 Å². The van der Waals surface area contributed by atoms with Crippen molar-refractivity contribution in [3.05, 3.63) is 92.1 Å². The van der Waals surface area contributed by atoms with Crippen LogP contribution in [0.2, 0.25) is 0 Å². The number of nitrogens with zero attached hydrogens (tertiary/aromatic N) is 2. The van der Waals surface area contributed by atoms with Gasteiger partial charge in [0.05, 0.1) is 12.6 Å². The summed E-state index contributed by atoms with van der Waals surface area (Å²) in [5, 5.41) is 0. The fourth-order valence-electron chi connectivity index (χ4n) is 4.67. The van der Waals surface area contributed by atoms with E-state index < -0.39 is 0 Å². The third-order valence-electron chi connectivity index (χ3n) is 6.48. The molecular weight excluding hydrogens is 471 g/mol. The van der Waals surface area contributed by atoms with Crippen LogP contribution in [0, 0.1) is 11.7 Å². The monoisotopic (exact) mass is 494 g/mol. The molecule has 0 radical (unpaired) electrons. The highest BCUT2D eigenvalue weighted by atomic mass is 79.9. The highest BCUT2D eigenvalue weighted by molar-refractivity contribution is 9.10. The van der Waals surface area contributed by atoms with Gasteiger partial charge in [-0.2, -0.15) is 0 Å². The van der Waals surface area contributed by atoms with Gasteiger partial charge in [-0.1, -0.05) is 28.1 Å². The molecule has 0 spiro atoms. The van der Waals surface area contributed by atoms with E-state index in [1.807, 2.05) is 19.1 Å². The van der Waals surface area contributed by atoms with Crippen molar-refractivity contribution in [1.29, 1.82) is 0 Å². The minimum absolute atomic E-state index is 0.116. The minimum Gasteiger partial charge on any atom is -0.381 e.